The van der Waals surface area contributed by atoms with Gasteiger partial charge < -0.3 is 10.2 Å². The van der Waals surface area contributed by atoms with Gasteiger partial charge in [0.25, 0.3) is 0 Å². The summed E-state index contributed by atoms with van der Waals surface area (Å²) in [6, 6.07) is 1.95. The Morgan fingerprint density at radius 1 is 1.39 bits per heavy atom. The molecule has 2 fully saturated rings. The number of rotatable bonds is 3. The van der Waals surface area contributed by atoms with Crippen LogP contribution in [0.15, 0.2) is 18.5 Å². The molecule has 1 aromatic rings. The number of hydrogen-bond acceptors (Lipinski definition) is 3. The Hall–Kier alpha value is -1.58. The van der Waals surface area contributed by atoms with Crippen LogP contribution in [0, 0.1) is 11.3 Å². The third kappa shape index (κ3) is 2.07. The van der Waals surface area contributed by atoms with E-state index in [0.29, 0.717) is 5.41 Å². The van der Waals surface area contributed by atoms with Crippen LogP contribution in [0.4, 0.5) is 11.4 Å². The van der Waals surface area contributed by atoms with Gasteiger partial charge in [0.05, 0.1) is 23.8 Å². The predicted molar refractivity (Wildman–Crippen MR) is 71.6 cm³/mol. The Bertz CT molecular complexity index is 472. The molecule has 2 saturated carbocycles. The van der Waals surface area contributed by atoms with Crippen molar-refractivity contribution in [3.8, 4) is 0 Å². The second-order valence-electron chi connectivity index (χ2n) is 5.92. The molecule has 0 atom stereocenters. The van der Waals surface area contributed by atoms with Crippen LogP contribution in [0.5, 0.6) is 0 Å². The minimum atomic E-state index is 0.158. The number of amides is 1. The lowest BCUT2D eigenvalue weighted by molar-refractivity contribution is -0.124. The highest BCUT2D eigenvalue weighted by Gasteiger charge is 2.54. The SMILES string of the molecule is CN(C)c1cncc(NC(=O)C2CC3(CC3)C2)c1. The van der Waals surface area contributed by atoms with Crippen molar-refractivity contribution in [2.45, 2.75) is 25.7 Å². The van der Waals surface area contributed by atoms with Crippen LogP contribution in [0.25, 0.3) is 0 Å². The Morgan fingerprint density at radius 2 is 2.11 bits per heavy atom. The highest BCUT2D eigenvalue weighted by atomic mass is 16.1. The molecule has 1 spiro atoms. The number of carbonyl (C=O) groups excluding carboxylic acids is 1. The molecule has 3 rings (SSSR count). The van der Waals surface area contributed by atoms with Crippen molar-refractivity contribution < 1.29 is 4.79 Å². The van der Waals surface area contributed by atoms with Gasteiger partial charge in [0.1, 0.15) is 0 Å². The molecule has 4 nitrogen and oxygen atoms in total. The molecule has 0 aromatic carbocycles. The lowest BCUT2D eigenvalue weighted by Gasteiger charge is -2.34. The first-order valence-electron chi connectivity index (χ1n) is 6.51. The molecule has 0 saturated heterocycles. The third-order valence-electron chi connectivity index (χ3n) is 4.19. The zero-order valence-corrected chi connectivity index (χ0v) is 10.9. The van der Waals surface area contributed by atoms with Crippen molar-refractivity contribution in [3.63, 3.8) is 0 Å². The second-order valence-corrected chi connectivity index (χ2v) is 5.92. The summed E-state index contributed by atoms with van der Waals surface area (Å²) in [6.45, 7) is 0. The van der Waals surface area contributed by atoms with Crippen LogP contribution in [-0.4, -0.2) is 25.0 Å². The monoisotopic (exact) mass is 245 g/mol. The molecule has 1 amide bonds. The average molecular weight is 245 g/mol. The van der Waals surface area contributed by atoms with E-state index in [0.717, 1.165) is 24.2 Å². The van der Waals surface area contributed by atoms with Gasteiger partial charge in [-0.2, -0.15) is 0 Å². The third-order valence-corrected chi connectivity index (χ3v) is 4.19. The summed E-state index contributed by atoms with van der Waals surface area (Å²) in [7, 11) is 3.93. The largest absolute Gasteiger partial charge is 0.376 e. The fourth-order valence-electron chi connectivity index (χ4n) is 2.74. The van der Waals surface area contributed by atoms with E-state index in [1.54, 1.807) is 12.4 Å². The summed E-state index contributed by atoms with van der Waals surface area (Å²) in [5, 5.41) is 2.98. The normalized spacial score (nSPS) is 20.3. The van der Waals surface area contributed by atoms with Gasteiger partial charge in [-0.05, 0) is 37.2 Å². The summed E-state index contributed by atoms with van der Waals surface area (Å²) >= 11 is 0. The van der Waals surface area contributed by atoms with Crippen LogP contribution < -0.4 is 10.2 Å². The molecule has 0 bridgehead atoms. The van der Waals surface area contributed by atoms with Crippen LogP contribution in [0.3, 0.4) is 0 Å². The van der Waals surface area contributed by atoms with Crippen molar-refractivity contribution in [2.75, 3.05) is 24.3 Å². The van der Waals surface area contributed by atoms with Gasteiger partial charge in [0.2, 0.25) is 5.91 Å². The number of nitrogens with one attached hydrogen (secondary N) is 1. The number of carbonyl (C=O) groups is 1. The lowest BCUT2D eigenvalue weighted by atomic mass is 9.71. The van der Waals surface area contributed by atoms with E-state index in [9.17, 15) is 4.79 Å². The minimum Gasteiger partial charge on any atom is -0.376 e. The number of nitrogens with zero attached hydrogens (tertiary/aromatic N) is 2. The van der Waals surface area contributed by atoms with Gasteiger partial charge in [-0.25, -0.2) is 0 Å². The Kier molecular flexibility index (Phi) is 2.54. The van der Waals surface area contributed by atoms with Gasteiger partial charge >= 0.3 is 0 Å². The molecule has 1 N–H and O–H groups in total. The molecule has 4 heteroatoms. The summed E-state index contributed by atoms with van der Waals surface area (Å²) < 4.78 is 0. The Labute approximate surface area is 107 Å². The first kappa shape index (κ1) is 11.5. The number of anilines is 2. The average Bonchev–Trinajstić information content (AvgIpc) is 3.07. The first-order chi connectivity index (χ1) is 8.58. The van der Waals surface area contributed by atoms with Gasteiger partial charge in [0.15, 0.2) is 0 Å². The number of aromatic nitrogens is 1. The highest BCUT2D eigenvalue weighted by Crippen LogP contribution is 2.63. The summed E-state index contributed by atoms with van der Waals surface area (Å²) in [6.07, 6.45) is 8.32. The molecular weight excluding hydrogens is 226 g/mol. The van der Waals surface area contributed by atoms with E-state index in [1.807, 2.05) is 25.1 Å². The molecule has 1 heterocycles. The predicted octanol–water partition coefficient (Wildman–Crippen LogP) is 2.28. The maximum absolute atomic E-state index is 12.0. The topological polar surface area (TPSA) is 45.2 Å². The fourth-order valence-corrected chi connectivity index (χ4v) is 2.74. The van der Waals surface area contributed by atoms with Crippen LogP contribution in [0.2, 0.25) is 0 Å². The lowest BCUT2D eigenvalue weighted by Crippen LogP contribution is -2.35. The van der Waals surface area contributed by atoms with E-state index in [2.05, 4.69) is 10.3 Å². The Balaban J connectivity index is 1.61. The standard InChI is InChI=1S/C14H19N3O/c1-17(2)12-5-11(8-15-9-12)16-13(18)10-6-14(7-10)3-4-14/h5,8-10H,3-4,6-7H2,1-2H3,(H,16,18). The molecule has 0 aliphatic heterocycles. The van der Waals surface area contributed by atoms with Gasteiger partial charge in [-0.15, -0.1) is 0 Å². The maximum atomic E-state index is 12.0. The molecule has 0 unspecified atom stereocenters. The summed E-state index contributed by atoms with van der Waals surface area (Å²) in [4.78, 5) is 18.2. The van der Waals surface area contributed by atoms with Crippen LogP contribution in [-0.2, 0) is 4.79 Å². The minimum absolute atomic E-state index is 0.158. The molecular formula is C14H19N3O. The molecule has 0 radical (unpaired) electrons. The first-order valence-corrected chi connectivity index (χ1v) is 6.51. The van der Waals surface area contributed by atoms with Gasteiger partial charge in [-0.3, -0.25) is 9.78 Å². The second kappa shape index (κ2) is 3.97. The number of pyridine rings is 1. The van der Waals surface area contributed by atoms with Crippen molar-refractivity contribution >= 4 is 17.3 Å². The fraction of sp³-hybridized carbons (Fsp3) is 0.571. The zero-order chi connectivity index (χ0) is 12.8. The van der Waals surface area contributed by atoms with E-state index in [-0.39, 0.29) is 11.8 Å². The van der Waals surface area contributed by atoms with E-state index >= 15 is 0 Å². The number of hydrogen-bond donors (Lipinski definition) is 1. The quantitative estimate of drug-likeness (QED) is 0.888. The van der Waals surface area contributed by atoms with Crippen molar-refractivity contribution in [1.29, 1.82) is 0 Å². The van der Waals surface area contributed by atoms with Crippen LogP contribution in [0.1, 0.15) is 25.7 Å². The highest BCUT2D eigenvalue weighted by molar-refractivity contribution is 5.93. The smallest absolute Gasteiger partial charge is 0.227 e. The van der Waals surface area contributed by atoms with Crippen LogP contribution >= 0.6 is 0 Å². The molecule has 18 heavy (non-hydrogen) atoms. The molecule has 96 valence electrons. The molecule has 1 aromatic heterocycles. The van der Waals surface area contributed by atoms with Gasteiger partial charge in [-0.1, -0.05) is 0 Å². The Morgan fingerprint density at radius 3 is 2.72 bits per heavy atom. The van der Waals surface area contributed by atoms with Crippen molar-refractivity contribution in [1.82, 2.24) is 4.98 Å². The molecule has 2 aliphatic carbocycles. The van der Waals surface area contributed by atoms with Gasteiger partial charge in [0, 0.05) is 20.0 Å². The summed E-state index contributed by atoms with van der Waals surface area (Å²) in [5.74, 6) is 0.376. The zero-order valence-electron chi connectivity index (χ0n) is 10.9. The van der Waals surface area contributed by atoms with Crippen molar-refractivity contribution in [2.24, 2.45) is 11.3 Å². The maximum Gasteiger partial charge on any atom is 0.227 e. The van der Waals surface area contributed by atoms with E-state index in [1.165, 1.54) is 12.8 Å². The van der Waals surface area contributed by atoms with Crippen molar-refractivity contribution in [3.05, 3.63) is 18.5 Å². The van der Waals surface area contributed by atoms with E-state index < -0.39 is 0 Å². The molecule has 2 aliphatic rings. The van der Waals surface area contributed by atoms with E-state index in [4.69, 9.17) is 0 Å². The summed E-state index contributed by atoms with van der Waals surface area (Å²) in [5.41, 5.74) is 2.37.